The minimum atomic E-state index is -0.194. The topological polar surface area (TPSA) is 64.0 Å². The molecule has 2 aromatic heterocycles. The van der Waals surface area contributed by atoms with Gasteiger partial charge in [0, 0.05) is 15.6 Å². The summed E-state index contributed by atoms with van der Waals surface area (Å²) < 4.78 is 1.61. The number of thiophene rings is 1. The molecule has 0 bridgehead atoms. The highest BCUT2D eigenvalue weighted by molar-refractivity contribution is 7.99. The third kappa shape index (κ3) is 4.75. The number of aromatic nitrogens is 2. The zero-order chi connectivity index (χ0) is 22.7. The van der Waals surface area contributed by atoms with Crippen molar-refractivity contribution in [2.75, 3.05) is 11.1 Å². The number of amides is 1. The number of carbonyl (C=O) groups excluding carboxylic acids is 1. The molecule has 164 valence electrons. The molecule has 1 N–H and O–H groups in total. The molecule has 0 unspecified atom stereocenters. The molecule has 2 heterocycles. The van der Waals surface area contributed by atoms with Gasteiger partial charge in [0.2, 0.25) is 5.91 Å². The van der Waals surface area contributed by atoms with Crippen LogP contribution in [0.15, 0.2) is 64.5 Å². The molecule has 5 nitrogen and oxygen atoms in total. The van der Waals surface area contributed by atoms with Crippen molar-refractivity contribution in [2.45, 2.75) is 31.8 Å². The quantitative estimate of drug-likeness (QED) is 0.255. The molecule has 0 saturated carbocycles. The first-order valence-electron chi connectivity index (χ1n) is 10.3. The van der Waals surface area contributed by atoms with Gasteiger partial charge in [-0.05, 0) is 49.2 Å². The van der Waals surface area contributed by atoms with Gasteiger partial charge in [-0.15, -0.1) is 11.3 Å². The molecule has 0 spiro atoms. The normalized spacial score (nSPS) is 11.1. The van der Waals surface area contributed by atoms with Crippen molar-refractivity contribution < 1.29 is 4.79 Å². The van der Waals surface area contributed by atoms with Crippen LogP contribution in [0.1, 0.15) is 23.8 Å². The Morgan fingerprint density at radius 1 is 1.19 bits per heavy atom. The highest BCUT2D eigenvalue weighted by Crippen LogP contribution is 2.31. The number of carbonyl (C=O) groups is 1. The third-order valence-corrected chi connectivity index (χ3v) is 7.38. The number of hydrogen-bond acceptors (Lipinski definition) is 5. The standard InChI is InChI=1S/C24H22ClN3O2S2/c1-3-8-19-15(2)21-22(32-19)27-24(28(23(21)30)18-11-5-4-6-12-18)31-14-20(29)26-17-10-7-9-16(25)13-17/h4-7,9-13H,3,8,14H2,1-2H3,(H,26,29). The second-order valence-electron chi connectivity index (χ2n) is 7.30. The second-order valence-corrected chi connectivity index (χ2v) is 9.76. The summed E-state index contributed by atoms with van der Waals surface area (Å²) in [6.45, 7) is 4.12. The van der Waals surface area contributed by atoms with Gasteiger partial charge in [-0.25, -0.2) is 4.98 Å². The number of nitrogens with zero attached hydrogens (tertiary/aromatic N) is 2. The van der Waals surface area contributed by atoms with E-state index in [9.17, 15) is 9.59 Å². The van der Waals surface area contributed by atoms with Crippen LogP contribution in [0.2, 0.25) is 5.02 Å². The zero-order valence-corrected chi connectivity index (χ0v) is 20.1. The molecule has 0 saturated heterocycles. The lowest BCUT2D eigenvalue weighted by atomic mass is 10.1. The van der Waals surface area contributed by atoms with Crippen LogP contribution in [0.25, 0.3) is 15.9 Å². The van der Waals surface area contributed by atoms with Crippen molar-refractivity contribution in [2.24, 2.45) is 0 Å². The minimum Gasteiger partial charge on any atom is -0.325 e. The zero-order valence-electron chi connectivity index (χ0n) is 17.7. The molecule has 32 heavy (non-hydrogen) atoms. The minimum absolute atomic E-state index is 0.102. The van der Waals surface area contributed by atoms with Crippen molar-refractivity contribution in [3.05, 3.63) is 80.4 Å². The van der Waals surface area contributed by atoms with Crippen LogP contribution < -0.4 is 10.9 Å². The Balaban J connectivity index is 1.70. The summed E-state index contributed by atoms with van der Waals surface area (Å²) in [4.78, 5) is 32.8. The van der Waals surface area contributed by atoms with E-state index in [-0.39, 0.29) is 17.2 Å². The number of aryl methyl sites for hydroxylation is 2. The highest BCUT2D eigenvalue weighted by atomic mass is 35.5. The molecule has 4 rings (SSSR count). The molecule has 0 atom stereocenters. The molecule has 0 radical (unpaired) electrons. The first kappa shape index (κ1) is 22.6. The van der Waals surface area contributed by atoms with E-state index in [0.717, 1.165) is 28.9 Å². The fraction of sp³-hybridized carbons (Fsp3) is 0.208. The number of benzene rings is 2. The molecule has 1 amide bonds. The average molecular weight is 484 g/mol. The van der Waals surface area contributed by atoms with Gasteiger partial charge >= 0.3 is 0 Å². The van der Waals surface area contributed by atoms with E-state index in [4.69, 9.17) is 16.6 Å². The lowest BCUT2D eigenvalue weighted by Gasteiger charge is -2.12. The first-order valence-corrected chi connectivity index (χ1v) is 12.4. The lowest BCUT2D eigenvalue weighted by Crippen LogP contribution is -2.22. The van der Waals surface area contributed by atoms with Gasteiger partial charge in [-0.3, -0.25) is 14.2 Å². The van der Waals surface area contributed by atoms with Crippen LogP contribution in [0.5, 0.6) is 0 Å². The van der Waals surface area contributed by atoms with Crippen LogP contribution >= 0.6 is 34.7 Å². The monoisotopic (exact) mass is 483 g/mol. The maximum Gasteiger partial charge on any atom is 0.267 e. The third-order valence-electron chi connectivity index (χ3n) is 4.96. The van der Waals surface area contributed by atoms with Gasteiger partial charge in [0.05, 0.1) is 16.8 Å². The van der Waals surface area contributed by atoms with E-state index < -0.39 is 0 Å². The van der Waals surface area contributed by atoms with E-state index >= 15 is 0 Å². The van der Waals surface area contributed by atoms with Crippen LogP contribution in [-0.2, 0) is 11.2 Å². The number of anilines is 1. The van der Waals surface area contributed by atoms with Crippen molar-refractivity contribution in [3.63, 3.8) is 0 Å². The number of nitrogens with one attached hydrogen (secondary N) is 1. The van der Waals surface area contributed by atoms with Crippen molar-refractivity contribution in [1.82, 2.24) is 9.55 Å². The predicted octanol–water partition coefficient (Wildman–Crippen LogP) is 6.09. The van der Waals surface area contributed by atoms with Crippen LogP contribution in [0.4, 0.5) is 5.69 Å². The average Bonchev–Trinajstić information content (AvgIpc) is 3.08. The van der Waals surface area contributed by atoms with Crippen molar-refractivity contribution in [1.29, 1.82) is 0 Å². The van der Waals surface area contributed by atoms with Gasteiger partial charge in [0.25, 0.3) is 5.56 Å². The van der Waals surface area contributed by atoms with E-state index in [1.807, 2.05) is 37.3 Å². The predicted molar refractivity (Wildman–Crippen MR) is 135 cm³/mol. The SMILES string of the molecule is CCCc1sc2nc(SCC(=O)Nc3cccc(Cl)c3)n(-c3ccccc3)c(=O)c2c1C. The van der Waals surface area contributed by atoms with Crippen LogP contribution in [0, 0.1) is 6.92 Å². The van der Waals surface area contributed by atoms with Crippen molar-refractivity contribution >= 4 is 56.5 Å². The Kier molecular flexibility index (Phi) is 6.98. The number of halogens is 1. The van der Waals surface area contributed by atoms with E-state index in [2.05, 4.69) is 12.2 Å². The molecule has 8 heteroatoms. The summed E-state index contributed by atoms with van der Waals surface area (Å²) in [5, 5.41) is 4.55. The van der Waals surface area contributed by atoms with E-state index in [0.29, 0.717) is 21.3 Å². The molecule has 4 aromatic rings. The molecular formula is C24H22ClN3O2S2. The van der Waals surface area contributed by atoms with E-state index in [1.54, 1.807) is 40.2 Å². The smallest absolute Gasteiger partial charge is 0.267 e. The van der Waals surface area contributed by atoms with Gasteiger partial charge in [-0.2, -0.15) is 0 Å². The Morgan fingerprint density at radius 3 is 2.69 bits per heavy atom. The number of rotatable bonds is 7. The summed E-state index contributed by atoms with van der Waals surface area (Å²) in [6.07, 6.45) is 1.92. The Bertz CT molecular complexity index is 1330. The number of hydrogen-bond donors (Lipinski definition) is 1. The summed E-state index contributed by atoms with van der Waals surface area (Å²) in [5.41, 5.74) is 2.26. The van der Waals surface area contributed by atoms with E-state index in [1.165, 1.54) is 16.6 Å². The molecule has 0 aliphatic carbocycles. The highest BCUT2D eigenvalue weighted by Gasteiger charge is 2.19. The van der Waals surface area contributed by atoms with Gasteiger partial charge < -0.3 is 5.32 Å². The van der Waals surface area contributed by atoms with Crippen molar-refractivity contribution in [3.8, 4) is 5.69 Å². The molecule has 0 aliphatic rings. The number of para-hydroxylation sites is 1. The lowest BCUT2D eigenvalue weighted by molar-refractivity contribution is -0.113. The Labute approximate surface area is 199 Å². The largest absolute Gasteiger partial charge is 0.325 e. The fourth-order valence-electron chi connectivity index (χ4n) is 3.47. The van der Waals surface area contributed by atoms with Gasteiger partial charge in [0.1, 0.15) is 4.83 Å². The number of thioether (sulfide) groups is 1. The molecule has 2 aromatic carbocycles. The Hall–Kier alpha value is -2.61. The summed E-state index contributed by atoms with van der Waals surface area (Å²) >= 11 is 8.81. The maximum atomic E-state index is 13.6. The summed E-state index contributed by atoms with van der Waals surface area (Å²) in [6, 6.07) is 16.4. The molecule has 0 aliphatic heterocycles. The number of fused-ring (bicyclic) bond motifs is 1. The summed E-state index contributed by atoms with van der Waals surface area (Å²) in [7, 11) is 0. The van der Waals surface area contributed by atoms with Crippen LogP contribution in [0.3, 0.4) is 0 Å². The van der Waals surface area contributed by atoms with Crippen LogP contribution in [-0.4, -0.2) is 21.2 Å². The maximum absolute atomic E-state index is 13.6. The fourth-order valence-corrected chi connectivity index (χ4v) is 5.79. The van der Waals surface area contributed by atoms with Gasteiger partial charge in [0.15, 0.2) is 5.16 Å². The molecule has 0 fully saturated rings. The first-order chi connectivity index (χ1) is 15.5. The Morgan fingerprint density at radius 2 is 1.97 bits per heavy atom. The van der Waals surface area contributed by atoms with Gasteiger partial charge in [-0.1, -0.05) is 61.0 Å². The summed E-state index contributed by atoms with van der Waals surface area (Å²) in [5.74, 6) is -0.0797. The second kappa shape index (κ2) is 9.90. The molecular weight excluding hydrogens is 462 g/mol.